The second-order valence-electron chi connectivity index (χ2n) is 2.87. The van der Waals surface area contributed by atoms with Crippen molar-refractivity contribution in [2.45, 2.75) is 12.5 Å². The Balaban J connectivity index is 2.03. The van der Waals surface area contributed by atoms with Crippen LogP contribution in [0.15, 0.2) is 0 Å². The van der Waals surface area contributed by atoms with Crippen molar-refractivity contribution in [1.29, 1.82) is 0 Å². The lowest BCUT2D eigenvalue weighted by Crippen LogP contribution is -2.36. The summed E-state index contributed by atoms with van der Waals surface area (Å²) in [6.07, 6.45) is 1.41. The summed E-state index contributed by atoms with van der Waals surface area (Å²) in [5.74, 6) is 0.939. The van der Waals surface area contributed by atoms with Gasteiger partial charge < -0.3 is 10.6 Å². The molecule has 0 aromatic rings. The predicted molar refractivity (Wildman–Crippen MR) is 32.8 cm³/mol. The van der Waals surface area contributed by atoms with E-state index in [1.54, 1.807) is 0 Å². The minimum absolute atomic E-state index is 0.800. The van der Waals surface area contributed by atoms with Crippen molar-refractivity contribution in [1.82, 2.24) is 10.6 Å². The number of piperidine rings is 1. The molecule has 0 saturated carbocycles. The van der Waals surface area contributed by atoms with E-state index in [1.807, 2.05) is 0 Å². The van der Waals surface area contributed by atoms with Crippen molar-refractivity contribution >= 4 is 0 Å². The Morgan fingerprint density at radius 2 is 2.12 bits per heavy atom. The molecule has 2 N–H and O–H groups in total. The SMILES string of the molecule is C1NCC2CC1CN2. The molecule has 0 spiro atoms. The predicted octanol–water partition coefficient (Wildman–Crippen LogP) is -0.432. The molecule has 2 fully saturated rings. The highest BCUT2D eigenvalue weighted by molar-refractivity contribution is 4.88. The number of rotatable bonds is 0. The molecule has 46 valence electrons. The van der Waals surface area contributed by atoms with Crippen LogP contribution in [-0.2, 0) is 0 Å². The molecule has 0 aromatic carbocycles. The fraction of sp³-hybridized carbons (Fsp3) is 1.00. The second kappa shape index (κ2) is 1.71. The molecule has 0 radical (unpaired) electrons. The molecule has 2 aliphatic rings. The van der Waals surface area contributed by atoms with Gasteiger partial charge in [-0.05, 0) is 25.4 Å². The van der Waals surface area contributed by atoms with Crippen LogP contribution in [0.1, 0.15) is 6.42 Å². The van der Waals surface area contributed by atoms with E-state index in [0.29, 0.717) is 0 Å². The highest BCUT2D eigenvalue weighted by atomic mass is 15.1. The van der Waals surface area contributed by atoms with Gasteiger partial charge in [-0.15, -0.1) is 0 Å². The van der Waals surface area contributed by atoms with Crippen LogP contribution in [0.2, 0.25) is 0 Å². The molecule has 2 bridgehead atoms. The maximum absolute atomic E-state index is 3.46. The van der Waals surface area contributed by atoms with E-state index in [1.165, 1.54) is 26.1 Å². The first-order valence-corrected chi connectivity index (χ1v) is 3.39. The van der Waals surface area contributed by atoms with Gasteiger partial charge in [0.1, 0.15) is 0 Å². The Hall–Kier alpha value is -0.0800. The first-order valence-electron chi connectivity index (χ1n) is 3.39. The minimum Gasteiger partial charge on any atom is -0.315 e. The van der Waals surface area contributed by atoms with Gasteiger partial charge in [-0.1, -0.05) is 0 Å². The van der Waals surface area contributed by atoms with Crippen molar-refractivity contribution in [3.8, 4) is 0 Å². The fourth-order valence-corrected chi connectivity index (χ4v) is 1.68. The molecular formula is C6H12N2. The van der Waals surface area contributed by atoms with Crippen LogP contribution in [-0.4, -0.2) is 25.7 Å². The van der Waals surface area contributed by atoms with E-state index in [0.717, 1.165) is 12.0 Å². The third kappa shape index (κ3) is 0.644. The maximum atomic E-state index is 3.46. The summed E-state index contributed by atoms with van der Waals surface area (Å²) in [4.78, 5) is 0. The first-order chi connectivity index (χ1) is 3.95. The molecular weight excluding hydrogens is 100 g/mol. The van der Waals surface area contributed by atoms with Crippen LogP contribution in [0, 0.1) is 5.92 Å². The summed E-state index contributed by atoms with van der Waals surface area (Å²) >= 11 is 0. The number of nitrogens with one attached hydrogen (secondary N) is 2. The molecule has 2 atom stereocenters. The zero-order valence-corrected chi connectivity index (χ0v) is 4.98. The van der Waals surface area contributed by atoms with Crippen LogP contribution < -0.4 is 10.6 Å². The smallest absolute Gasteiger partial charge is 0.0196 e. The zero-order chi connectivity index (χ0) is 5.40. The highest BCUT2D eigenvalue weighted by Gasteiger charge is 2.26. The van der Waals surface area contributed by atoms with Crippen molar-refractivity contribution < 1.29 is 0 Å². The normalized spacial score (nSPS) is 45.0. The lowest BCUT2D eigenvalue weighted by atomic mass is 10.0. The van der Waals surface area contributed by atoms with E-state index in [-0.39, 0.29) is 0 Å². The van der Waals surface area contributed by atoms with Gasteiger partial charge in [-0.25, -0.2) is 0 Å². The number of hydrogen-bond donors (Lipinski definition) is 2. The molecule has 0 aliphatic carbocycles. The summed E-state index contributed by atoms with van der Waals surface area (Å²) in [6, 6.07) is 0.800. The largest absolute Gasteiger partial charge is 0.315 e. The summed E-state index contributed by atoms with van der Waals surface area (Å²) < 4.78 is 0. The standard InChI is InChI=1S/C6H12N2/c1-5-2-7-4-6(1)8-3-5/h5-8H,1-4H2. The highest BCUT2D eigenvalue weighted by Crippen LogP contribution is 2.15. The Kier molecular flexibility index (Phi) is 1.02. The summed E-state index contributed by atoms with van der Waals surface area (Å²) in [7, 11) is 0. The van der Waals surface area contributed by atoms with E-state index in [9.17, 15) is 0 Å². The molecule has 0 amide bonds. The van der Waals surface area contributed by atoms with Crippen molar-refractivity contribution in [3.63, 3.8) is 0 Å². The van der Waals surface area contributed by atoms with Crippen molar-refractivity contribution in [2.24, 2.45) is 5.92 Å². The average Bonchev–Trinajstić information content (AvgIpc) is 2.12. The third-order valence-electron chi connectivity index (χ3n) is 2.14. The molecule has 2 heteroatoms. The summed E-state index contributed by atoms with van der Waals surface area (Å²) in [5.41, 5.74) is 0. The van der Waals surface area contributed by atoms with Crippen LogP contribution in [0.25, 0.3) is 0 Å². The Morgan fingerprint density at radius 1 is 1.12 bits per heavy atom. The van der Waals surface area contributed by atoms with Gasteiger partial charge in [0.05, 0.1) is 0 Å². The molecule has 2 heterocycles. The van der Waals surface area contributed by atoms with Crippen LogP contribution in [0.5, 0.6) is 0 Å². The van der Waals surface area contributed by atoms with E-state index in [4.69, 9.17) is 0 Å². The van der Waals surface area contributed by atoms with Crippen molar-refractivity contribution in [2.75, 3.05) is 19.6 Å². The van der Waals surface area contributed by atoms with Gasteiger partial charge in [-0.3, -0.25) is 0 Å². The van der Waals surface area contributed by atoms with Gasteiger partial charge in [0, 0.05) is 12.6 Å². The van der Waals surface area contributed by atoms with E-state index < -0.39 is 0 Å². The topological polar surface area (TPSA) is 24.1 Å². The summed E-state index contributed by atoms with van der Waals surface area (Å²) in [5, 5.41) is 6.84. The molecule has 0 aromatic heterocycles. The molecule has 2 unspecified atom stereocenters. The average molecular weight is 112 g/mol. The maximum Gasteiger partial charge on any atom is 0.0196 e. The van der Waals surface area contributed by atoms with Gasteiger partial charge in [0.15, 0.2) is 0 Å². The number of fused-ring (bicyclic) bond motifs is 2. The molecule has 2 saturated heterocycles. The Labute approximate surface area is 49.7 Å². The first kappa shape index (κ1) is 4.77. The third-order valence-corrected chi connectivity index (χ3v) is 2.14. The lowest BCUT2D eigenvalue weighted by molar-refractivity contribution is 0.429. The molecule has 2 aliphatic heterocycles. The Morgan fingerprint density at radius 3 is 2.88 bits per heavy atom. The quantitative estimate of drug-likeness (QED) is 0.444. The van der Waals surface area contributed by atoms with Gasteiger partial charge in [0.2, 0.25) is 0 Å². The van der Waals surface area contributed by atoms with Crippen LogP contribution in [0.4, 0.5) is 0 Å². The molecule has 2 nitrogen and oxygen atoms in total. The minimum atomic E-state index is 0.800. The monoisotopic (exact) mass is 112 g/mol. The molecule has 2 rings (SSSR count). The van der Waals surface area contributed by atoms with Crippen LogP contribution in [0.3, 0.4) is 0 Å². The second-order valence-corrected chi connectivity index (χ2v) is 2.87. The lowest BCUT2D eigenvalue weighted by Gasteiger charge is -2.17. The number of hydrogen-bond acceptors (Lipinski definition) is 2. The van der Waals surface area contributed by atoms with Gasteiger partial charge in [0.25, 0.3) is 0 Å². The zero-order valence-electron chi connectivity index (χ0n) is 4.98. The van der Waals surface area contributed by atoms with E-state index >= 15 is 0 Å². The van der Waals surface area contributed by atoms with Crippen LogP contribution >= 0.6 is 0 Å². The fourth-order valence-electron chi connectivity index (χ4n) is 1.68. The Bertz CT molecular complexity index is 78.5. The summed E-state index contributed by atoms with van der Waals surface area (Å²) in [6.45, 7) is 3.68. The van der Waals surface area contributed by atoms with E-state index in [2.05, 4.69) is 10.6 Å². The van der Waals surface area contributed by atoms with Gasteiger partial charge >= 0.3 is 0 Å². The van der Waals surface area contributed by atoms with Gasteiger partial charge in [-0.2, -0.15) is 0 Å². The molecule has 8 heavy (non-hydrogen) atoms. The van der Waals surface area contributed by atoms with Crippen molar-refractivity contribution in [3.05, 3.63) is 0 Å².